The maximum Gasteiger partial charge on any atom is 0.407 e. The Kier molecular flexibility index (Phi) is 4.44. The summed E-state index contributed by atoms with van der Waals surface area (Å²) >= 11 is 5.51. The van der Waals surface area contributed by atoms with E-state index in [1.807, 2.05) is 10.9 Å². The van der Waals surface area contributed by atoms with Gasteiger partial charge in [0.25, 0.3) is 5.91 Å². The number of hydrogen-bond donors (Lipinski definition) is 1. The highest BCUT2D eigenvalue weighted by Gasteiger charge is 2.33. The van der Waals surface area contributed by atoms with Gasteiger partial charge in [-0.05, 0) is 24.6 Å². The second kappa shape index (κ2) is 6.25. The second-order valence-electron chi connectivity index (χ2n) is 5.99. The number of carbonyl (C=O) groups is 1. The zero-order valence-corrected chi connectivity index (χ0v) is 13.7. The fourth-order valence-corrected chi connectivity index (χ4v) is 2.93. The maximum absolute atomic E-state index is 12.4. The summed E-state index contributed by atoms with van der Waals surface area (Å²) in [5.41, 5.74) is 1.42. The molecule has 2 heterocycles. The average molecular weight is 361 g/mol. The first-order valence-electron chi connectivity index (χ1n) is 7.46. The van der Waals surface area contributed by atoms with E-state index in [-0.39, 0.29) is 9.98 Å². The molecular formula is C15H16ClF3N4O. The summed E-state index contributed by atoms with van der Waals surface area (Å²) in [5, 5.41) is 8.38. The summed E-state index contributed by atoms with van der Waals surface area (Å²) in [6, 6.07) is 3.09. The van der Waals surface area contributed by atoms with Crippen molar-refractivity contribution in [3.05, 3.63) is 29.5 Å². The number of carbonyl (C=O) groups excluding carboxylic acids is 1. The number of aryl methyl sites for hydroxylation is 1. The number of halogens is 4. The number of nitrogens with one attached hydrogen (secondary N) is 1. The molecular weight excluding hydrogens is 345 g/mol. The summed E-state index contributed by atoms with van der Waals surface area (Å²) in [7, 11) is 0. The summed E-state index contributed by atoms with van der Waals surface area (Å²) in [5.74, 6) is -0.352. The van der Waals surface area contributed by atoms with Crippen LogP contribution in [-0.2, 0) is 6.54 Å². The van der Waals surface area contributed by atoms with Gasteiger partial charge in [0, 0.05) is 54.5 Å². The van der Waals surface area contributed by atoms with Crippen molar-refractivity contribution in [3.63, 3.8) is 0 Å². The average Bonchev–Trinajstić information content (AvgIpc) is 2.84. The van der Waals surface area contributed by atoms with Crippen molar-refractivity contribution in [3.8, 4) is 0 Å². The van der Waals surface area contributed by atoms with Gasteiger partial charge in [-0.2, -0.15) is 18.3 Å². The van der Waals surface area contributed by atoms with E-state index in [0.29, 0.717) is 17.0 Å². The molecule has 2 aromatic rings. The van der Waals surface area contributed by atoms with E-state index in [0.717, 1.165) is 25.0 Å². The number of fused-ring (bicyclic) bond motifs is 1. The highest BCUT2D eigenvalue weighted by atomic mass is 35.5. The van der Waals surface area contributed by atoms with E-state index in [1.54, 1.807) is 13.0 Å². The van der Waals surface area contributed by atoms with Gasteiger partial charge in [-0.15, -0.1) is 0 Å². The predicted octanol–water partition coefficient (Wildman–Crippen LogP) is 2.72. The first-order valence-corrected chi connectivity index (χ1v) is 7.80. The fourth-order valence-electron chi connectivity index (χ4n) is 2.71. The number of hydrogen-bond acceptors (Lipinski definition) is 3. The number of benzene rings is 1. The molecule has 1 aliphatic heterocycles. The Labute approximate surface area is 141 Å². The van der Waals surface area contributed by atoms with Gasteiger partial charge in [-0.3, -0.25) is 9.48 Å². The van der Waals surface area contributed by atoms with E-state index in [9.17, 15) is 18.0 Å². The number of nitrogens with zero attached hydrogens (tertiary/aromatic N) is 3. The third-order valence-electron chi connectivity index (χ3n) is 4.09. The predicted molar refractivity (Wildman–Crippen MR) is 83.8 cm³/mol. The number of alkyl halides is 3. The standard InChI is InChI=1S/C15H16ClF3N4O/c1-9-11(14(24)23(16)8-15(17,18)19)2-3-13-12(9)7-22(21-13)6-10-4-20-5-10/h2-3,7,10,20H,4-6,8H2,1H3. The van der Waals surface area contributed by atoms with Gasteiger partial charge in [0.05, 0.1) is 5.52 Å². The van der Waals surface area contributed by atoms with Crippen molar-refractivity contribution in [2.45, 2.75) is 19.6 Å². The number of rotatable bonds is 4. The Bertz CT molecular complexity index is 770. The molecule has 1 aliphatic rings. The van der Waals surface area contributed by atoms with E-state index in [2.05, 4.69) is 10.4 Å². The van der Waals surface area contributed by atoms with Crippen molar-refractivity contribution in [2.24, 2.45) is 5.92 Å². The van der Waals surface area contributed by atoms with Crippen LogP contribution in [0.25, 0.3) is 10.9 Å². The van der Waals surface area contributed by atoms with Gasteiger partial charge >= 0.3 is 6.18 Å². The van der Waals surface area contributed by atoms with Gasteiger partial charge in [0.1, 0.15) is 6.54 Å². The van der Waals surface area contributed by atoms with E-state index in [1.165, 1.54) is 6.07 Å². The van der Waals surface area contributed by atoms with Crippen LogP contribution >= 0.6 is 11.8 Å². The van der Waals surface area contributed by atoms with Crippen LogP contribution in [0.1, 0.15) is 15.9 Å². The molecule has 1 aromatic carbocycles. The topological polar surface area (TPSA) is 50.2 Å². The van der Waals surface area contributed by atoms with E-state index < -0.39 is 18.6 Å². The minimum atomic E-state index is -4.54. The molecule has 0 bridgehead atoms. The highest BCUT2D eigenvalue weighted by Crippen LogP contribution is 2.25. The lowest BCUT2D eigenvalue weighted by molar-refractivity contribution is -0.132. The van der Waals surface area contributed by atoms with Crippen LogP contribution in [0.2, 0.25) is 0 Å². The van der Waals surface area contributed by atoms with Gasteiger partial charge in [-0.1, -0.05) is 0 Å². The summed E-state index contributed by atoms with van der Waals surface area (Å²) < 4.78 is 39.2. The van der Waals surface area contributed by atoms with Crippen LogP contribution in [-0.4, -0.2) is 45.9 Å². The van der Waals surface area contributed by atoms with Crippen LogP contribution < -0.4 is 5.32 Å². The molecule has 24 heavy (non-hydrogen) atoms. The number of amides is 1. The van der Waals surface area contributed by atoms with Crippen LogP contribution in [0, 0.1) is 12.8 Å². The third kappa shape index (κ3) is 3.49. The molecule has 9 heteroatoms. The van der Waals surface area contributed by atoms with Crippen molar-refractivity contribution >= 4 is 28.6 Å². The maximum atomic E-state index is 12.4. The lowest BCUT2D eigenvalue weighted by atomic mass is 10.0. The molecule has 1 N–H and O–H groups in total. The van der Waals surface area contributed by atoms with Crippen molar-refractivity contribution in [2.75, 3.05) is 19.6 Å². The Morgan fingerprint density at radius 1 is 1.46 bits per heavy atom. The Morgan fingerprint density at radius 3 is 2.75 bits per heavy atom. The van der Waals surface area contributed by atoms with Gasteiger partial charge in [0.15, 0.2) is 0 Å². The first kappa shape index (κ1) is 17.0. The monoisotopic (exact) mass is 360 g/mol. The van der Waals surface area contributed by atoms with Crippen LogP contribution in [0.3, 0.4) is 0 Å². The molecule has 1 saturated heterocycles. The molecule has 130 valence electrons. The minimum absolute atomic E-state index is 0.145. The van der Waals surface area contributed by atoms with Gasteiger partial charge in [0.2, 0.25) is 0 Å². The molecule has 5 nitrogen and oxygen atoms in total. The summed E-state index contributed by atoms with van der Waals surface area (Å²) in [4.78, 5) is 12.2. The number of aromatic nitrogens is 2. The van der Waals surface area contributed by atoms with Crippen LogP contribution in [0.4, 0.5) is 13.2 Å². The van der Waals surface area contributed by atoms with Crippen LogP contribution in [0.5, 0.6) is 0 Å². The molecule has 1 amide bonds. The Balaban J connectivity index is 1.86. The summed E-state index contributed by atoms with van der Waals surface area (Å²) in [6.07, 6.45) is -2.72. The molecule has 0 saturated carbocycles. The fraction of sp³-hybridized carbons (Fsp3) is 0.467. The molecule has 0 radical (unpaired) electrons. The van der Waals surface area contributed by atoms with Crippen LogP contribution in [0.15, 0.2) is 18.3 Å². The van der Waals surface area contributed by atoms with Crippen molar-refractivity contribution in [1.82, 2.24) is 19.5 Å². The first-order chi connectivity index (χ1) is 11.2. The smallest absolute Gasteiger partial charge is 0.316 e. The second-order valence-corrected chi connectivity index (χ2v) is 6.40. The molecule has 0 atom stereocenters. The van der Waals surface area contributed by atoms with E-state index >= 15 is 0 Å². The molecule has 0 aliphatic carbocycles. The Hall–Kier alpha value is -1.80. The largest absolute Gasteiger partial charge is 0.407 e. The summed E-state index contributed by atoms with van der Waals surface area (Å²) in [6.45, 7) is 2.83. The molecule has 3 rings (SSSR count). The van der Waals surface area contributed by atoms with Crippen molar-refractivity contribution in [1.29, 1.82) is 0 Å². The van der Waals surface area contributed by atoms with E-state index in [4.69, 9.17) is 11.8 Å². The Morgan fingerprint density at radius 2 is 2.17 bits per heavy atom. The molecule has 0 spiro atoms. The molecule has 0 unspecified atom stereocenters. The van der Waals surface area contributed by atoms with Gasteiger partial charge in [-0.25, -0.2) is 4.42 Å². The minimum Gasteiger partial charge on any atom is -0.316 e. The highest BCUT2D eigenvalue weighted by molar-refractivity contribution is 6.24. The van der Waals surface area contributed by atoms with Crippen molar-refractivity contribution < 1.29 is 18.0 Å². The lowest BCUT2D eigenvalue weighted by Gasteiger charge is -2.26. The molecule has 1 fully saturated rings. The third-order valence-corrected chi connectivity index (χ3v) is 4.36. The van der Waals surface area contributed by atoms with Gasteiger partial charge < -0.3 is 5.32 Å². The zero-order valence-electron chi connectivity index (χ0n) is 12.9. The zero-order chi connectivity index (χ0) is 17.5. The quantitative estimate of drug-likeness (QED) is 0.853. The lowest BCUT2D eigenvalue weighted by Crippen LogP contribution is -2.44. The molecule has 1 aromatic heterocycles. The normalized spacial score (nSPS) is 15.5. The SMILES string of the molecule is Cc1c(C(=O)N(Cl)CC(F)(F)F)ccc2nn(CC3CNC3)cc12.